The number of carbonyl (C=O) groups is 2. The average molecular weight is 343 g/mol. The van der Waals surface area contributed by atoms with Gasteiger partial charge in [0.1, 0.15) is 6.04 Å². The van der Waals surface area contributed by atoms with E-state index in [9.17, 15) is 19.5 Å². The minimum absolute atomic E-state index is 0.302. The number of rotatable bonds is 7. The van der Waals surface area contributed by atoms with Gasteiger partial charge in [-0.2, -0.15) is 5.10 Å². The Morgan fingerprint density at radius 3 is 2.56 bits per heavy atom. The summed E-state index contributed by atoms with van der Waals surface area (Å²) in [5.74, 6) is -1.91. The van der Waals surface area contributed by atoms with E-state index < -0.39 is 23.3 Å². The molecule has 1 aromatic heterocycles. The Balaban J connectivity index is 2.33. The third-order valence-corrected chi connectivity index (χ3v) is 3.77. The number of carbonyl (C=O) groups excluding carboxylic acids is 1. The van der Waals surface area contributed by atoms with Gasteiger partial charge < -0.3 is 10.4 Å². The van der Waals surface area contributed by atoms with Gasteiger partial charge in [0.25, 0.3) is 5.91 Å². The van der Waals surface area contributed by atoms with Crippen molar-refractivity contribution in [2.75, 3.05) is 0 Å². The Morgan fingerprint density at radius 1 is 1.28 bits per heavy atom. The molecule has 2 aromatic rings. The number of carboxylic acid groups (broad SMARTS) is 1. The van der Waals surface area contributed by atoms with Crippen LogP contribution in [-0.4, -0.2) is 32.8 Å². The van der Waals surface area contributed by atoms with Gasteiger partial charge in [0.15, 0.2) is 5.69 Å². The Bertz CT molecular complexity index is 815. The van der Waals surface area contributed by atoms with E-state index in [4.69, 9.17) is 0 Å². The lowest BCUT2D eigenvalue weighted by atomic mass is 10.1. The lowest BCUT2D eigenvalue weighted by Crippen LogP contribution is -2.43. The van der Waals surface area contributed by atoms with Gasteiger partial charge in [-0.25, -0.2) is 9.48 Å². The fourth-order valence-corrected chi connectivity index (χ4v) is 2.43. The number of aryl methyl sites for hydroxylation is 1. The average Bonchev–Trinajstić information content (AvgIpc) is 2.59. The lowest BCUT2D eigenvalue weighted by Gasteiger charge is -2.15. The highest BCUT2D eigenvalue weighted by molar-refractivity contribution is 5.94. The van der Waals surface area contributed by atoms with E-state index in [0.717, 1.165) is 6.42 Å². The molecule has 2 rings (SSSR count). The van der Waals surface area contributed by atoms with Crippen LogP contribution in [0.3, 0.4) is 0 Å². The molecule has 0 saturated carbocycles. The zero-order valence-electron chi connectivity index (χ0n) is 14.2. The molecule has 0 unspecified atom stereocenters. The van der Waals surface area contributed by atoms with Crippen molar-refractivity contribution in [3.05, 3.63) is 58.0 Å². The minimum atomic E-state index is -1.13. The second kappa shape index (κ2) is 8.23. The Morgan fingerprint density at radius 2 is 1.96 bits per heavy atom. The zero-order chi connectivity index (χ0) is 18.4. The van der Waals surface area contributed by atoms with Crippen LogP contribution in [-0.2, 0) is 4.79 Å². The van der Waals surface area contributed by atoms with Crippen molar-refractivity contribution in [3.8, 4) is 5.69 Å². The van der Waals surface area contributed by atoms with Crippen LogP contribution in [0.25, 0.3) is 5.69 Å². The summed E-state index contributed by atoms with van der Waals surface area (Å²) in [4.78, 5) is 35.8. The molecule has 0 fully saturated rings. The standard InChI is InChI=1S/C18H21N3O4/c1-3-4-10-14(18(24)25)19-17(23)16-15(22)11-12(2)21(20-16)13-8-6-5-7-9-13/h5-9,11,14H,3-4,10H2,1-2H3,(H,19,23)(H,24,25)/t14-/m0/s1. The second-order valence-corrected chi connectivity index (χ2v) is 5.75. The maximum absolute atomic E-state index is 12.4. The van der Waals surface area contributed by atoms with E-state index in [-0.39, 0.29) is 5.69 Å². The molecule has 0 aliphatic heterocycles. The third-order valence-electron chi connectivity index (χ3n) is 3.77. The van der Waals surface area contributed by atoms with Crippen molar-refractivity contribution in [2.45, 2.75) is 39.2 Å². The number of benzene rings is 1. The quantitative estimate of drug-likeness (QED) is 0.800. The summed E-state index contributed by atoms with van der Waals surface area (Å²) in [5.41, 5.74) is 0.419. The SMILES string of the molecule is CCCC[C@H](NC(=O)c1nn(-c2ccccc2)c(C)cc1=O)C(=O)O. The van der Waals surface area contributed by atoms with Crippen molar-refractivity contribution in [2.24, 2.45) is 0 Å². The first-order valence-electron chi connectivity index (χ1n) is 8.14. The Kier molecular flexibility index (Phi) is 6.05. The maximum Gasteiger partial charge on any atom is 0.326 e. The van der Waals surface area contributed by atoms with Gasteiger partial charge in [0, 0.05) is 11.8 Å². The number of nitrogens with zero attached hydrogens (tertiary/aromatic N) is 2. The number of carboxylic acids is 1. The summed E-state index contributed by atoms with van der Waals surface area (Å²) in [6, 6.07) is 9.36. The van der Waals surface area contributed by atoms with Gasteiger partial charge >= 0.3 is 5.97 Å². The molecule has 132 valence electrons. The molecular formula is C18H21N3O4. The number of para-hydroxylation sites is 1. The molecule has 1 atom stereocenters. The minimum Gasteiger partial charge on any atom is -0.480 e. The molecule has 25 heavy (non-hydrogen) atoms. The Labute approximate surface area is 145 Å². The van der Waals surface area contributed by atoms with Crippen molar-refractivity contribution in [3.63, 3.8) is 0 Å². The maximum atomic E-state index is 12.4. The molecule has 1 amide bonds. The van der Waals surface area contributed by atoms with Crippen LogP contribution >= 0.6 is 0 Å². The second-order valence-electron chi connectivity index (χ2n) is 5.75. The van der Waals surface area contributed by atoms with Gasteiger partial charge in [0.2, 0.25) is 5.43 Å². The summed E-state index contributed by atoms with van der Waals surface area (Å²) in [6.45, 7) is 3.64. The van der Waals surface area contributed by atoms with Crippen molar-refractivity contribution in [1.29, 1.82) is 0 Å². The van der Waals surface area contributed by atoms with E-state index in [1.54, 1.807) is 19.1 Å². The number of hydrogen-bond acceptors (Lipinski definition) is 4. The molecule has 0 saturated heterocycles. The molecule has 7 heteroatoms. The van der Waals surface area contributed by atoms with Gasteiger partial charge in [-0.15, -0.1) is 0 Å². The number of unbranched alkanes of at least 4 members (excludes halogenated alkanes) is 1. The molecule has 0 bridgehead atoms. The predicted octanol–water partition coefficient (Wildman–Crippen LogP) is 1.91. The highest BCUT2D eigenvalue weighted by atomic mass is 16.4. The fraction of sp³-hybridized carbons (Fsp3) is 0.333. The molecule has 0 aliphatic rings. The topological polar surface area (TPSA) is 101 Å². The molecule has 1 aromatic carbocycles. The van der Waals surface area contributed by atoms with Gasteiger partial charge in [0.05, 0.1) is 5.69 Å². The molecular weight excluding hydrogens is 322 g/mol. The monoisotopic (exact) mass is 343 g/mol. The summed E-state index contributed by atoms with van der Waals surface area (Å²) in [5, 5.41) is 15.7. The summed E-state index contributed by atoms with van der Waals surface area (Å²) in [6.07, 6.45) is 1.77. The summed E-state index contributed by atoms with van der Waals surface area (Å²) < 4.78 is 1.48. The van der Waals surface area contributed by atoms with Gasteiger partial charge in [-0.1, -0.05) is 38.0 Å². The van der Waals surface area contributed by atoms with Crippen molar-refractivity contribution >= 4 is 11.9 Å². The molecule has 7 nitrogen and oxygen atoms in total. The zero-order valence-corrected chi connectivity index (χ0v) is 14.2. The van der Waals surface area contributed by atoms with Gasteiger partial charge in [-0.05, 0) is 25.5 Å². The van der Waals surface area contributed by atoms with E-state index in [2.05, 4.69) is 10.4 Å². The number of nitrogens with one attached hydrogen (secondary N) is 1. The van der Waals surface area contributed by atoms with Crippen molar-refractivity contribution < 1.29 is 14.7 Å². The first kappa shape index (κ1) is 18.4. The number of aromatic nitrogens is 2. The lowest BCUT2D eigenvalue weighted by molar-refractivity contribution is -0.139. The summed E-state index contributed by atoms with van der Waals surface area (Å²) >= 11 is 0. The van der Waals surface area contributed by atoms with Crippen LogP contribution < -0.4 is 10.7 Å². The van der Waals surface area contributed by atoms with Gasteiger partial charge in [-0.3, -0.25) is 9.59 Å². The third kappa shape index (κ3) is 4.53. The summed E-state index contributed by atoms with van der Waals surface area (Å²) in [7, 11) is 0. The van der Waals surface area contributed by atoms with Crippen molar-refractivity contribution in [1.82, 2.24) is 15.1 Å². The number of hydrogen-bond donors (Lipinski definition) is 2. The molecule has 0 aliphatic carbocycles. The Hall–Kier alpha value is -2.96. The van der Waals surface area contributed by atoms with Crippen LogP contribution in [0, 0.1) is 6.92 Å². The van der Waals surface area contributed by atoms with Crippen LogP contribution in [0.4, 0.5) is 0 Å². The molecule has 2 N–H and O–H groups in total. The normalized spacial score (nSPS) is 11.8. The first-order valence-corrected chi connectivity index (χ1v) is 8.14. The highest BCUT2D eigenvalue weighted by Gasteiger charge is 2.23. The predicted molar refractivity (Wildman–Crippen MR) is 93.0 cm³/mol. The molecule has 0 spiro atoms. The van der Waals surface area contributed by atoms with E-state index >= 15 is 0 Å². The highest BCUT2D eigenvalue weighted by Crippen LogP contribution is 2.08. The fourth-order valence-electron chi connectivity index (χ4n) is 2.43. The van der Waals surface area contributed by atoms with Crippen LogP contribution in [0.2, 0.25) is 0 Å². The first-order chi connectivity index (χ1) is 11.9. The van der Waals surface area contributed by atoms with E-state index in [0.29, 0.717) is 24.2 Å². The smallest absolute Gasteiger partial charge is 0.326 e. The largest absolute Gasteiger partial charge is 0.480 e. The van der Waals surface area contributed by atoms with Crippen LogP contribution in [0.15, 0.2) is 41.2 Å². The van der Waals surface area contributed by atoms with E-state index in [1.165, 1.54) is 10.7 Å². The molecule has 1 heterocycles. The van der Waals surface area contributed by atoms with E-state index in [1.807, 2.05) is 25.1 Å². The number of amides is 1. The number of aliphatic carboxylic acids is 1. The van der Waals surface area contributed by atoms with Crippen LogP contribution in [0.1, 0.15) is 42.4 Å². The van der Waals surface area contributed by atoms with Crippen LogP contribution in [0.5, 0.6) is 0 Å². The molecule has 0 radical (unpaired) electrons.